The highest BCUT2D eigenvalue weighted by Gasteiger charge is 2.08. The van der Waals surface area contributed by atoms with Crippen molar-refractivity contribution in [2.75, 3.05) is 6.54 Å². The fraction of sp³-hybridized carbons (Fsp3) is 0.353. The molecule has 0 spiro atoms. The summed E-state index contributed by atoms with van der Waals surface area (Å²) in [5.41, 5.74) is 2.52. The molecule has 2 aromatic rings. The van der Waals surface area contributed by atoms with Gasteiger partial charge in [0.15, 0.2) is 0 Å². The second kappa shape index (κ2) is 7.05. The van der Waals surface area contributed by atoms with Gasteiger partial charge >= 0.3 is 0 Å². The molecule has 1 N–H and O–H groups in total. The van der Waals surface area contributed by atoms with Crippen molar-refractivity contribution in [1.29, 1.82) is 0 Å². The fourth-order valence-corrected chi connectivity index (χ4v) is 2.20. The number of hydrogen-bond acceptors (Lipinski definition) is 2. The first-order valence-corrected chi connectivity index (χ1v) is 6.96. The zero-order chi connectivity index (χ0) is 13.5. The molecule has 0 aliphatic rings. The number of nitrogens with one attached hydrogen (secondary N) is 1. The van der Waals surface area contributed by atoms with Crippen LogP contribution in [-0.2, 0) is 0 Å². The van der Waals surface area contributed by atoms with Crippen LogP contribution in [0.1, 0.15) is 43.5 Å². The van der Waals surface area contributed by atoms with Gasteiger partial charge in [-0.3, -0.25) is 4.98 Å². The minimum atomic E-state index is 0.309. The Bertz CT molecular complexity index is 422. The monoisotopic (exact) mass is 254 g/mol. The van der Waals surface area contributed by atoms with E-state index in [1.165, 1.54) is 5.56 Å². The van der Waals surface area contributed by atoms with Gasteiger partial charge in [-0.25, -0.2) is 0 Å². The molecule has 1 aromatic heterocycles. The van der Waals surface area contributed by atoms with Crippen molar-refractivity contribution in [3.8, 4) is 0 Å². The lowest BCUT2D eigenvalue weighted by Gasteiger charge is -2.16. The Labute approximate surface area is 115 Å². The molecule has 2 nitrogen and oxygen atoms in total. The maximum atomic E-state index is 4.37. The maximum Gasteiger partial charge on any atom is 0.0570 e. The topological polar surface area (TPSA) is 24.9 Å². The summed E-state index contributed by atoms with van der Waals surface area (Å²) in [7, 11) is 0. The summed E-state index contributed by atoms with van der Waals surface area (Å²) < 4.78 is 0. The highest BCUT2D eigenvalue weighted by atomic mass is 14.9. The SMILES string of the molecule is CC(CCN[C@H](C)c1ccccn1)c1ccccc1. The standard InChI is InChI=1S/C17H22N2/c1-14(16-8-4-3-5-9-16)11-13-18-15(2)17-10-6-7-12-19-17/h3-10,12,14-15,18H,11,13H2,1-2H3/t14?,15-/m1/s1. The van der Waals surface area contributed by atoms with Gasteiger partial charge in [-0.2, -0.15) is 0 Å². The van der Waals surface area contributed by atoms with Crippen molar-refractivity contribution in [2.45, 2.75) is 32.2 Å². The van der Waals surface area contributed by atoms with E-state index in [4.69, 9.17) is 0 Å². The highest BCUT2D eigenvalue weighted by Crippen LogP contribution is 2.18. The van der Waals surface area contributed by atoms with Crippen molar-refractivity contribution in [3.63, 3.8) is 0 Å². The summed E-state index contributed by atoms with van der Waals surface area (Å²) in [4.78, 5) is 4.37. The van der Waals surface area contributed by atoms with Gasteiger partial charge in [0.25, 0.3) is 0 Å². The molecule has 100 valence electrons. The molecule has 0 saturated carbocycles. The molecular formula is C17H22N2. The molecule has 0 bridgehead atoms. The summed E-state index contributed by atoms with van der Waals surface area (Å²) in [6, 6.07) is 17.0. The third kappa shape index (κ3) is 4.18. The fourth-order valence-electron chi connectivity index (χ4n) is 2.20. The Morgan fingerprint density at radius 2 is 1.74 bits per heavy atom. The van der Waals surface area contributed by atoms with Gasteiger partial charge in [-0.1, -0.05) is 43.3 Å². The quantitative estimate of drug-likeness (QED) is 0.845. The molecule has 1 aromatic carbocycles. The zero-order valence-electron chi connectivity index (χ0n) is 11.7. The van der Waals surface area contributed by atoms with E-state index >= 15 is 0 Å². The molecule has 0 aliphatic carbocycles. The summed E-state index contributed by atoms with van der Waals surface area (Å²) in [5, 5.41) is 3.54. The molecule has 2 heteroatoms. The first-order valence-electron chi connectivity index (χ1n) is 6.96. The second-order valence-electron chi connectivity index (χ2n) is 5.03. The van der Waals surface area contributed by atoms with Crippen LogP contribution in [0.2, 0.25) is 0 Å². The molecule has 0 fully saturated rings. The molecule has 2 atom stereocenters. The predicted molar refractivity (Wildman–Crippen MR) is 80.1 cm³/mol. The van der Waals surface area contributed by atoms with Crippen molar-refractivity contribution < 1.29 is 0 Å². The third-order valence-electron chi connectivity index (χ3n) is 3.53. The van der Waals surface area contributed by atoms with E-state index < -0.39 is 0 Å². The van der Waals surface area contributed by atoms with Crippen LogP contribution in [0, 0.1) is 0 Å². The van der Waals surface area contributed by atoms with E-state index in [-0.39, 0.29) is 0 Å². The average Bonchev–Trinajstić information content (AvgIpc) is 2.49. The molecule has 0 aliphatic heterocycles. The molecule has 0 radical (unpaired) electrons. The molecular weight excluding hydrogens is 232 g/mol. The van der Waals surface area contributed by atoms with Gasteiger partial charge in [-0.05, 0) is 43.5 Å². The number of rotatable bonds is 6. The molecule has 1 heterocycles. The van der Waals surface area contributed by atoms with E-state index in [1.54, 1.807) is 0 Å². The van der Waals surface area contributed by atoms with E-state index in [0.717, 1.165) is 18.7 Å². The highest BCUT2D eigenvalue weighted by molar-refractivity contribution is 5.18. The van der Waals surface area contributed by atoms with Crippen LogP contribution in [0.4, 0.5) is 0 Å². The molecule has 0 saturated heterocycles. The third-order valence-corrected chi connectivity index (χ3v) is 3.53. The van der Waals surface area contributed by atoms with Crippen LogP contribution < -0.4 is 5.32 Å². The van der Waals surface area contributed by atoms with Gasteiger partial charge in [-0.15, -0.1) is 0 Å². The number of nitrogens with zero attached hydrogens (tertiary/aromatic N) is 1. The minimum Gasteiger partial charge on any atom is -0.309 e. The van der Waals surface area contributed by atoms with Gasteiger partial charge < -0.3 is 5.32 Å². The lowest BCUT2D eigenvalue weighted by Crippen LogP contribution is -2.21. The first-order chi connectivity index (χ1) is 9.27. The Morgan fingerprint density at radius 1 is 1.00 bits per heavy atom. The number of benzene rings is 1. The Hall–Kier alpha value is -1.67. The average molecular weight is 254 g/mol. The van der Waals surface area contributed by atoms with E-state index in [1.807, 2.05) is 18.3 Å². The summed E-state index contributed by atoms with van der Waals surface area (Å²) in [5.74, 6) is 0.588. The summed E-state index contributed by atoms with van der Waals surface area (Å²) in [6.07, 6.45) is 2.99. The van der Waals surface area contributed by atoms with Crippen LogP contribution in [-0.4, -0.2) is 11.5 Å². The van der Waals surface area contributed by atoms with Gasteiger partial charge in [0.1, 0.15) is 0 Å². The van der Waals surface area contributed by atoms with E-state index in [0.29, 0.717) is 12.0 Å². The number of aromatic nitrogens is 1. The van der Waals surface area contributed by atoms with Crippen LogP contribution in [0.25, 0.3) is 0 Å². The lowest BCUT2D eigenvalue weighted by atomic mass is 9.98. The van der Waals surface area contributed by atoms with Crippen molar-refractivity contribution in [3.05, 3.63) is 66.0 Å². The Balaban J connectivity index is 1.78. The van der Waals surface area contributed by atoms with Gasteiger partial charge in [0.2, 0.25) is 0 Å². The van der Waals surface area contributed by atoms with Crippen LogP contribution in [0.3, 0.4) is 0 Å². The van der Waals surface area contributed by atoms with Gasteiger partial charge in [0.05, 0.1) is 5.69 Å². The molecule has 0 amide bonds. The van der Waals surface area contributed by atoms with Gasteiger partial charge in [0, 0.05) is 12.2 Å². The molecule has 19 heavy (non-hydrogen) atoms. The normalized spacial score (nSPS) is 14.0. The summed E-state index contributed by atoms with van der Waals surface area (Å²) >= 11 is 0. The van der Waals surface area contributed by atoms with E-state index in [9.17, 15) is 0 Å². The minimum absolute atomic E-state index is 0.309. The Morgan fingerprint density at radius 3 is 2.42 bits per heavy atom. The van der Waals surface area contributed by atoms with Crippen LogP contribution >= 0.6 is 0 Å². The van der Waals surface area contributed by atoms with Crippen molar-refractivity contribution in [1.82, 2.24) is 10.3 Å². The molecule has 1 unspecified atom stereocenters. The first kappa shape index (κ1) is 13.8. The number of pyridine rings is 1. The van der Waals surface area contributed by atoms with E-state index in [2.05, 4.69) is 60.5 Å². The van der Waals surface area contributed by atoms with Crippen LogP contribution in [0.5, 0.6) is 0 Å². The van der Waals surface area contributed by atoms with Crippen LogP contribution in [0.15, 0.2) is 54.7 Å². The largest absolute Gasteiger partial charge is 0.309 e. The predicted octanol–water partition coefficient (Wildman–Crippen LogP) is 3.93. The smallest absolute Gasteiger partial charge is 0.0570 e. The number of hydrogen-bond donors (Lipinski definition) is 1. The molecule has 2 rings (SSSR count). The Kier molecular flexibility index (Phi) is 5.10. The summed E-state index contributed by atoms with van der Waals surface area (Å²) in [6.45, 7) is 5.45. The lowest BCUT2D eigenvalue weighted by molar-refractivity contribution is 0.523. The zero-order valence-corrected chi connectivity index (χ0v) is 11.7. The van der Waals surface area contributed by atoms with Crippen molar-refractivity contribution >= 4 is 0 Å². The second-order valence-corrected chi connectivity index (χ2v) is 5.03. The maximum absolute atomic E-state index is 4.37. The van der Waals surface area contributed by atoms with Crippen molar-refractivity contribution in [2.24, 2.45) is 0 Å².